The molecule has 3 aromatic rings. The van der Waals surface area contributed by atoms with Gasteiger partial charge in [0.2, 0.25) is 5.91 Å². The Morgan fingerprint density at radius 1 is 1.00 bits per heavy atom. The average Bonchev–Trinajstić information content (AvgIpc) is 2.64. The van der Waals surface area contributed by atoms with Crippen molar-refractivity contribution >= 4 is 23.4 Å². The molecule has 1 unspecified atom stereocenters. The topological polar surface area (TPSA) is 54.9 Å². The summed E-state index contributed by atoms with van der Waals surface area (Å²) in [5.74, 6) is -0.0571. The molecule has 0 spiro atoms. The van der Waals surface area contributed by atoms with Crippen molar-refractivity contribution in [2.75, 3.05) is 5.32 Å². The van der Waals surface area contributed by atoms with Gasteiger partial charge in [0.25, 0.3) is 0 Å². The lowest BCUT2D eigenvalue weighted by atomic mass is 10.1. The van der Waals surface area contributed by atoms with Crippen LogP contribution >= 0.6 is 11.8 Å². The van der Waals surface area contributed by atoms with Gasteiger partial charge in [-0.15, -0.1) is 0 Å². The van der Waals surface area contributed by atoms with Crippen molar-refractivity contribution in [2.45, 2.75) is 38.1 Å². The second kappa shape index (κ2) is 8.35. The molecular formula is C22H23N3OS. The molecule has 3 rings (SSSR count). The lowest BCUT2D eigenvalue weighted by Gasteiger charge is -2.14. The smallest absolute Gasteiger partial charge is 0.237 e. The minimum atomic E-state index is -0.309. The van der Waals surface area contributed by atoms with E-state index in [9.17, 15) is 4.79 Å². The van der Waals surface area contributed by atoms with Crippen LogP contribution in [0.25, 0.3) is 11.3 Å². The van der Waals surface area contributed by atoms with Crippen molar-refractivity contribution in [3.63, 3.8) is 0 Å². The molecule has 0 fully saturated rings. The Morgan fingerprint density at radius 3 is 2.44 bits per heavy atom. The van der Waals surface area contributed by atoms with Gasteiger partial charge in [0.1, 0.15) is 0 Å². The zero-order valence-corrected chi connectivity index (χ0v) is 16.8. The fourth-order valence-electron chi connectivity index (χ4n) is 2.75. The molecule has 4 nitrogen and oxygen atoms in total. The highest BCUT2D eigenvalue weighted by molar-refractivity contribution is 8.00. The first-order valence-electron chi connectivity index (χ1n) is 8.88. The lowest BCUT2D eigenvalue weighted by molar-refractivity contribution is -0.115. The lowest BCUT2D eigenvalue weighted by Crippen LogP contribution is -2.23. The van der Waals surface area contributed by atoms with E-state index in [2.05, 4.69) is 21.4 Å². The molecule has 1 heterocycles. The van der Waals surface area contributed by atoms with E-state index in [1.54, 1.807) is 0 Å². The summed E-state index contributed by atoms with van der Waals surface area (Å²) < 4.78 is 0. The average molecular weight is 378 g/mol. The standard InChI is InChI=1S/C22H23N3OS/c1-14-10-11-19(15(2)12-14)24-21(26)17(4)27-22-23-16(3)13-20(25-22)18-8-6-5-7-9-18/h5-13,17H,1-4H3,(H,24,26). The van der Waals surface area contributed by atoms with Crippen LogP contribution in [0.1, 0.15) is 23.7 Å². The number of rotatable bonds is 5. The molecule has 5 heteroatoms. The predicted octanol–water partition coefficient (Wildman–Crippen LogP) is 5.19. The zero-order chi connectivity index (χ0) is 19.4. The van der Waals surface area contributed by atoms with Gasteiger partial charge in [-0.05, 0) is 45.4 Å². The molecule has 1 N–H and O–H groups in total. The number of nitrogens with one attached hydrogen (secondary N) is 1. The molecule has 0 radical (unpaired) electrons. The molecule has 27 heavy (non-hydrogen) atoms. The molecule has 1 atom stereocenters. The van der Waals surface area contributed by atoms with Crippen LogP contribution in [0.3, 0.4) is 0 Å². The minimum absolute atomic E-state index is 0.0571. The Morgan fingerprint density at radius 2 is 1.74 bits per heavy atom. The third-order valence-electron chi connectivity index (χ3n) is 4.19. The summed E-state index contributed by atoms with van der Waals surface area (Å²) in [6, 6.07) is 17.9. The highest BCUT2D eigenvalue weighted by Gasteiger charge is 2.18. The Labute approximate surface area is 164 Å². The monoisotopic (exact) mass is 377 g/mol. The molecule has 1 aromatic heterocycles. The quantitative estimate of drug-likeness (QED) is 0.491. The number of anilines is 1. The molecule has 2 aromatic carbocycles. The van der Waals surface area contributed by atoms with Crippen LogP contribution < -0.4 is 5.32 Å². The Bertz CT molecular complexity index is 957. The van der Waals surface area contributed by atoms with Crippen LogP contribution in [0.5, 0.6) is 0 Å². The van der Waals surface area contributed by atoms with Crippen LogP contribution in [0.4, 0.5) is 5.69 Å². The summed E-state index contributed by atoms with van der Waals surface area (Å²) in [4.78, 5) is 21.7. The number of hydrogen-bond donors (Lipinski definition) is 1. The van der Waals surface area contributed by atoms with Crippen LogP contribution in [0.15, 0.2) is 59.8 Å². The number of amides is 1. The molecule has 138 valence electrons. The summed E-state index contributed by atoms with van der Waals surface area (Å²) in [5.41, 5.74) is 5.86. The SMILES string of the molecule is Cc1ccc(NC(=O)C(C)Sc2nc(C)cc(-c3ccccc3)n2)c(C)c1. The number of thioether (sulfide) groups is 1. The van der Waals surface area contributed by atoms with Crippen molar-refractivity contribution in [1.82, 2.24) is 9.97 Å². The van der Waals surface area contributed by atoms with Gasteiger partial charge >= 0.3 is 0 Å². The zero-order valence-electron chi connectivity index (χ0n) is 16.0. The summed E-state index contributed by atoms with van der Waals surface area (Å²) in [7, 11) is 0. The van der Waals surface area contributed by atoms with Crippen molar-refractivity contribution in [2.24, 2.45) is 0 Å². The van der Waals surface area contributed by atoms with Crippen LogP contribution in [0, 0.1) is 20.8 Å². The maximum absolute atomic E-state index is 12.6. The van der Waals surface area contributed by atoms with Crippen molar-refractivity contribution in [1.29, 1.82) is 0 Å². The molecule has 0 saturated heterocycles. The number of nitrogens with zero attached hydrogens (tertiary/aromatic N) is 2. The first-order chi connectivity index (χ1) is 12.9. The normalized spacial score (nSPS) is 11.9. The van der Waals surface area contributed by atoms with Gasteiger partial charge in [-0.25, -0.2) is 9.97 Å². The van der Waals surface area contributed by atoms with Crippen LogP contribution in [-0.4, -0.2) is 21.1 Å². The van der Waals surface area contributed by atoms with E-state index in [1.807, 2.05) is 76.2 Å². The molecular weight excluding hydrogens is 354 g/mol. The van der Waals surface area contributed by atoms with Crippen molar-refractivity contribution in [3.05, 3.63) is 71.4 Å². The first-order valence-corrected chi connectivity index (χ1v) is 9.76. The van der Waals surface area contributed by atoms with Gasteiger partial charge in [0.05, 0.1) is 10.9 Å². The number of hydrogen-bond acceptors (Lipinski definition) is 4. The predicted molar refractivity (Wildman–Crippen MR) is 112 cm³/mol. The van der Waals surface area contributed by atoms with E-state index < -0.39 is 0 Å². The summed E-state index contributed by atoms with van der Waals surface area (Å²) >= 11 is 1.37. The van der Waals surface area contributed by atoms with Gasteiger partial charge in [0.15, 0.2) is 5.16 Å². The van der Waals surface area contributed by atoms with Crippen molar-refractivity contribution in [3.8, 4) is 11.3 Å². The number of aromatic nitrogens is 2. The fourth-order valence-corrected chi connectivity index (χ4v) is 3.58. The highest BCUT2D eigenvalue weighted by Crippen LogP contribution is 2.25. The second-order valence-corrected chi connectivity index (χ2v) is 7.92. The fraction of sp³-hybridized carbons (Fsp3) is 0.227. The molecule has 0 bridgehead atoms. The Balaban J connectivity index is 1.74. The van der Waals surface area contributed by atoms with E-state index in [1.165, 1.54) is 17.3 Å². The van der Waals surface area contributed by atoms with Gasteiger partial charge in [-0.1, -0.05) is 59.8 Å². The maximum atomic E-state index is 12.6. The van der Waals surface area contributed by atoms with Crippen molar-refractivity contribution < 1.29 is 4.79 Å². The molecule has 1 amide bonds. The Hall–Kier alpha value is -2.66. The van der Waals surface area contributed by atoms with E-state index in [-0.39, 0.29) is 11.2 Å². The van der Waals surface area contributed by atoms with Gasteiger partial charge in [0, 0.05) is 16.9 Å². The number of aryl methyl sites for hydroxylation is 3. The first kappa shape index (κ1) is 19.1. The highest BCUT2D eigenvalue weighted by atomic mass is 32.2. The Kier molecular flexibility index (Phi) is 5.91. The number of benzene rings is 2. The molecule has 0 saturated carbocycles. The van der Waals surface area contributed by atoms with E-state index in [0.29, 0.717) is 5.16 Å². The van der Waals surface area contributed by atoms with Gasteiger partial charge in [-0.3, -0.25) is 4.79 Å². The second-order valence-electron chi connectivity index (χ2n) is 6.61. The number of carbonyl (C=O) groups excluding carboxylic acids is 1. The molecule has 0 aliphatic carbocycles. The third-order valence-corrected chi connectivity index (χ3v) is 5.16. The largest absolute Gasteiger partial charge is 0.325 e. The maximum Gasteiger partial charge on any atom is 0.237 e. The van der Waals surface area contributed by atoms with Gasteiger partial charge in [-0.2, -0.15) is 0 Å². The van der Waals surface area contributed by atoms with E-state index in [4.69, 9.17) is 0 Å². The van der Waals surface area contributed by atoms with Gasteiger partial charge < -0.3 is 5.32 Å². The summed E-state index contributed by atoms with van der Waals surface area (Å²) in [5, 5.41) is 3.30. The molecule has 0 aliphatic rings. The number of carbonyl (C=O) groups is 1. The van der Waals surface area contributed by atoms with E-state index >= 15 is 0 Å². The molecule has 0 aliphatic heterocycles. The van der Waals surface area contributed by atoms with Crippen LogP contribution in [-0.2, 0) is 4.79 Å². The third kappa shape index (κ3) is 4.95. The van der Waals surface area contributed by atoms with E-state index in [0.717, 1.165) is 28.2 Å². The summed E-state index contributed by atoms with van der Waals surface area (Å²) in [6.45, 7) is 7.85. The summed E-state index contributed by atoms with van der Waals surface area (Å²) in [6.07, 6.45) is 0. The minimum Gasteiger partial charge on any atom is -0.325 e. The van der Waals surface area contributed by atoms with Crippen LogP contribution in [0.2, 0.25) is 0 Å².